The van der Waals surface area contributed by atoms with Gasteiger partial charge in [-0.2, -0.15) is 0 Å². The molecule has 1 heterocycles. The lowest BCUT2D eigenvalue weighted by molar-refractivity contribution is -0.943. The highest BCUT2D eigenvalue weighted by Crippen LogP contribution is 2.17. The predicted octanol–water partition coefficient (Wildman–Crippen LogP) is 2.27. The van der Waals surface area contributed by atoms with Crippen LogP contribution in [0.3, 0.4) is 0 Å². The fourth-order valence-corrected chi connectivity index (χ4v) is 4.41. The number of aliphatic hydroxyl groups is 1. The molecule has 0 aliphatic heterocycles. The van der Waals surface area contributed by atoms with Crippen LogP contribution in [0.5, 0.6) is 5.75 Å². The molecule has 1 saturated carbocycles. The fraction of sp³-hybridized carbons (Fsp3) is 0.565. The number of methoxy groups -OCH3 is 2. The average molecular weight is 388 g/mol. The van der Waals surface area contributed by atoms with E-state index < -0.39 is 6.10 Å². The van der Waals surface area contributed by atoms with Gasteiger partial charge in [0.15, 0.2) is 0 Å². The van der Waals surface area contributed by atoms with Crippen molar-refractivity contribution in [1.29, 1.82) is 0 Å². The highest BCUT2D eigenvalue weighted by molar-refractivity contribution is 5.29. The number of hydrogen-bond donors (Lipinski definition) is 2. The molecule has 154 valence electrons. The van der Waals surface area contributed by atoms with Crippen molar-refractivity contribution in [1.82, 2.24) is 4.57 Å². The number of aliphatic hydroxyl groups excluding tert-OH is 1. The molecule has 3 rings (SSSR count). The van der Waals surface area contributed by atoms with Gasteiger partial charge in [-0.3, -0.25) is 0 Å². The lowest BCUT2D eigenvalue weighted by atomic mass is 9.94. The van der Waals surface area contributed by atoms with Gasteiger partial charge in [0, 0.05) is 19.9 Å². The summed E-state index contributed by atoms with van der Waals surface area (Å²) >= 11 is 0. The molecule has 2 aromatic rings. The van der Waals surface area contributed by atoms with Crippen molar-refractivity contribution in [3.63, 3.8) is 0 Å². The normalized spacial score (nSPS) is 17.4. The lowest BCUT2D eigenvalue weighted by Gasteiger charge is -2.33. The first-order valence-corrected chi connectivity index (χ1v) is 10.5. The Kier molecular flexibility index (Phi) is 7.95. The van der Waals surface area contributed by atoms with Crippen LogP contribution in [0.4, 0.5) is 0 Å². The fourth-order valence-electron chi connectivity index (χ4n) is 4.41. The van der Waals surface area contributed by atoms with E-state index in [0.717, 1.165) is 25.4 Å². The van der Waals surface area contributed by atoms with E-state index in [4.69, 9.17) is 9.47 Å². The number of rotatable bonds is 10. The molecule has 1 aliphatic carbocycles. The first kappa shape index (κ1) is 20.9. The quantitative estimate of drug-likeness (QED) is 0.658. The first-order chi connectivity index (χ1) is 13.7. The Morgan fingerprint density at radius 3 is 2.71 bits per heavy atom. The molecule has 0 bridgehead atoms. The Hall–Kier alpha value is -1.82. The Morgan fingerprint density at radius 2 is 1.96 bits per heavy atom. The first-order valence-electron chi connectivity index (χ1n) is 10.5. The SMILES string of the molecule is COC[C@@H](O)C[NH+](Cc1cccn1Cc1cccc(OC)c1)C1CCCCC1. The van der Waals surface area contributed by atoms with Gasteiger partial charge < -0.3 is 24.0 Å². The maximum Gasteiger partial charge on any atom is 0.126 e. The summed E-state index contributed by atoms with van der Waals surface area (Å²) in [5.41, 5.74) is 2.54. The summed E-state index contributed by atoms with van der Waals surface area (Å²) in [5, 5.41) is 10.4. The number of nitrogens with one attached hydrogen (secondary N) is 1. The molecule has 1 aliphatic rings. The van der Waals surface area contributed by atoms with Crippen molar-refractivity contribution in [2.24, 2.45) is 0 Å². The van der Waals surface area contributed by atoms with Crippen molar-refractivity contribution in [3.05, 3.63) is 53.9 Å². The predicted molar refractivity (Wildman–Crippen MR) is 111 cm³/mol. The molecule has 1 fully saturated rings. The van der Waals surface area contributed by atoms with Crippen LogP contribution < -0.4 is 9.64 Å². The molecule has 0 spiro atoms. The second kappa shape index (κ2) is 10.6. The van der Waals surface area contributed by atoms with Gasteiger partial charge in [-0.1, -0.05) is 18.6 Å². The summed E-state index contributed by atoms with van der Waals surface area (Å²) in [6.45, 7) is 2.91. The number of hydrogen-bond acceptors (Lipinski definition) is 3. The summed E-state index contributed by atoms with van der Waals surface area (Å²) in [5.74, 6) is 0.892. The molecule has 0 amide bonds. The van der Waals surface area contributed by atoms with Crippen LogP contribution >= 0.6 is 0 Å². The van der Waals surface area contributed by atoms with Gasteiger partial charge in [0.1, 0.15) is 24.9 Å². The summed E-state index contributed by atoms with van der Waals surface area (Å²) in [6.07, 6.45) is 8.20. The van der Waals surface area contributed by atoms with Crippen LogP contribution in [0.2, 0.25) is 0 Å². The van der Waals surface area contributed by atoms with E-state index in [1.54, 1.807) is 14.2 Å². The molecule has 1 unspecified atom stereocenters. The standard InChI is InChI=1S/C23H34N2O3/c1-27-18-22(26)17-25(20-9-4-3-5-10-20)16-21-11-7-13-24(21)15-19-8-6-12-23(14-19)28-2/h6-8,11-14,20,22,26H,3-5,9-10,15-18H2,1-2H3/p+1/t22-/m0/s1. The molecule has 2 atom stereocenters. The number of quaternary nitrogens is 1. The average Bonchev–Trinajstić information content (AvgIpc) is 3.15. The van der Waals surface area contributed by atoms with Crippen molar-refractivity contribution in [2.45, 2.75) is 57.3 Å². The molecular weight excluding hydrogens is 352 g/mol. The highest BCUT2D eigenvalue weighted by Gasteiger charge is 2.27. The van der Waals surface area contributed by atoms with Crippen LogP contribution in [-0.4, -0.2) is 49.2 Å². The van der Waals surface area contributed by atoms with Crippen molar-refractivity contribution >= 4 is 0 Å². The minimum Gasteiger partial charge on any atom is -0.497 e. The Bertz CT molecular complexity index is 709. The van der Waals surface area contributed by atoms with Gasteiger partial charge in [-0.15, -0.1) is 0 Å². The number of aromatic nitrogens is 1. The smallest absolute Gasteiger partial charge is 0.126 e. The summed E-state index contributed by atoms with van der Waals surface area (Å²) < 4.78 is 12.9. The third-order valence-electron chi connectivity index (χ3n) is 5.86. The maximum atomic E-state index is 10.4. The van der Waals surface area contributed by atoms with Crippen LogP contribution in [0.25, 0.3) is 0 Å². The third-order valence-corrected chi connectivity index (χ3v) is 5.86. The van der Waals surface area contributed by atoms with Gasteiger partial charge >= 0.3 is 0 Å². The Morgan fingerprint density at radius 1 is 1.14 bits per heavy atom. The van der Waals surface area contributed by atoms with E-state index in [-0.39, 0.29) is 0 Å². The summed E-state index contributed by atoms with van der Waals surface area (Å²) in [7, 11) is 3.36. The van der Waals surface area contributed by atoms with Crippen LogP contribution in [0.15, 0.2) is 42.6 Å². The Labute approximate surface area is 168 Å². The largest absolute Gasteiger partial charge is 0.497 e. The topological polar surface area (TPSA) is 48.1 Å². The monoisotopic (exact) mass is 387 g/mol. The molecule has 2 N–H and O–H groups in total. The van der Waals surface area contributed by atoms with E-state index in [1.165, 1.54) is 48.3 Å². The highest BCUT2D eigenvalue weighted by atomic mass is 16.5. The van der Waals surface area contributed by atoms with Crippen LogP contribution in [0.1, 0.15) is 43.4 Å². The summed E-state index contributed by atoms with van der Waals surface area (Å²) in [4.78, 5) is 1.48. The number of ether oxygens (including phenoxy) is 2. The molecule has 5 nitrogen and oxygen atoms in total. The van der Waals surface area contributed by atoms with Crippen molar-refractivity contribution < 1.29 is 19.5 Å². The van der Waals surface area contributed by atoms with Gasteiger partial charge in [0.25, 0.3) is 0 Å². The molecule has 5 heteroatoms. The van der Waals surface area contributed by atoms with Crippen molar-refractivity contribution in [3.8, 4) is 5.75 Å². The molecule has 1 aromatic carbocycles. The zero-order valence-corrected chi connectivity index (χ0v) is 17.3. The second-order valence-electron chi connectivity index (χ2n) is 7.96. The number of benzene rings is 1. The van der Waals surface area contributed by atoms with E-state index in [9.17, 15) is 5.11 Å². The number of nitrogens with zero attached hydrogens (tertiary/aromatic N) is 1. The van der Waals surface area contributed by atoms with Gasteiger partial charge in [-0.25, -0.2) is 0 Å². The Balaban J connectivity index is 1.72. The van der Waals surface area contributed by atoms with Gasteiger partial charge in [0.2, 0.25) is 0 Å². The lowest BCUT2D eigenvalue weighted by Crippen LogP contribution is -3.15. The molecular formula is C23H35N2O3+. The van der Waals surface area contributed by atoms with Crippen molar-refractivity contribution in [2.75, 3.05) is 27.4 Å². The van der Waals surface area contributed by atoms with Crippen LogP contribution in [0, 0.1) is 0 Å². The van der Waals surface area contributed by atoms with Gasteiger partial charge in [0.05, 0.1) is 25.5 Å². The minimum atomic E-state index is -0.413. The summed E-state index contributed by atoms with van der Waals surface area (Å²) in [6, 6.07) is 13.2. The molecule has 1 aromatic heterocycles. The third kappa shape index (κ3) is 5.84. The van der Waals surface area contributed by atoms with E-state index in [2.05, 4.69) is 35.0 Å². The maximum absolute atomic E-state index is 10.4. The molecule has 0 saturated heterocycles. The van der Waals surface area contributed by atoms with Gasteiger partial charge in [-0.05, 0) is 55.5 Å². The zero-order chi connectivity index (χ0) is 19.8. The second-order valence-corrected chi connectivity index (χ2v) is 7.96. The molecule has 0 radical (unpaired) electrons. The van der Waals surface area contributed by atoms with E-state index in [1.807, 2.05) is 12.1 Å². The zero-order valence-electron chi connectivity index (χ0n) is 17.3. The van der Waals surface area contributed by atoms with Crippen LogP contribution in [-0.2, 0) is 17.8 Å². The molecule has 28 heavy (non-hydrogen) atoms. The van der Waals surface area contributed by atoms with E-state index >= 15 is 0 Å². The van der Waals surface area contributed by atoms with E-state index in [0.29, 0.717) is 12.6 Å². The minimum absolute atomic E-state index is 0.404.